The van der Waals surface area contributed by atoms with E-state index in [0.29, 0.717) is 29.7 Å². The lowest BCUT2D eigenvalue weighted by Crippen LogP contribution is -2.46. The van der Waals surface area contributed by atoms with E-state index in [1.165, 1.54) is 0 Å². The van der Waals surface area contributed by atoms with E-state index in [0.717, 1.165) is 5.39 Å². The molecule has 1 aliphatic rings. The Balaban J connectivity index is 1.86. The average Bonchev–Trinajstić information content (AvgIpc) is 2.37. The van der Waals surface area contributed by atoms with E-state index < -0.39 is 0 Å². The van der Waals surface area contributed by atoms with E-state index >= 15 is 0 Å². The highest BCUT2D eigenvalue weighted by molar-refractivity contribution is 5.99. The second-order valence-corrected chi connectivity index (χ2v) is 4.91. The molecule has 1 fully saturated rings. The number of rotatable bonds is 2. The zero-order chi connectivity index (χ0) is 13.4. The molecule has 3 rings (SSSR count). The number of aromatic nitrogens is 1. The largest absolute Gasteiger partial charge is 0.398 e. The van der Waals surface area contributed by atoms with Gasteiger partial charge in [0.1, 0.15) is 5.69 Å². The van der Waals surface area contributed by atoms with Crippen LogP contribution in [0.3, 0.4) is 0 Å². The number of fused-ring (bicyclic) bond motifs is 1. The summed E-state index contributed by atoms with van der Waals surface area (Å²) in [6.45, 7) is 0. The smallest absolute Gasteiger partial charge is 0.270 e. The van der Waals surface area contributed by atoms with Crippen LogP contribution in [0.5, 0.6) is 0 Å². The molecule has 1 aromatic carbocycles. The molecule has 0 saturated heterocycles. The third kappa shape index (κ3) is 2.24. The van der Waals surface area contributed by atoms with Gasteiger partial charge in [0.05, 0.1) is 11.6 Å². The number of hydrogen-bond donors (Lipinski definition) is 3. The number of aliphatic hydroxyl groups excluding tert-OH is 1. The molecule has 0 unspecified atom stereocenters. The van der Waals surface area contributed by atoms with Crippen molar-refractivity contribution in [1.29, 1.82) is 0 Å². The second-order valence-electron chi connectivity index (χ2n) is 4.91. The van der Waals surface area contributed by atoms with Gasteiger partial charge >= 0.3 is 0 Å². The van der Waals surface area contributed by atoms with E-state index in [1.54, 1.807) is 6.07 Å². The number of nitrogen functional groups attached to an aromatic ring is 1. The maximum Gasteiger partial charge on any atom is 0.270 e. The fraction of sp³-hybridized carbons (Fsp3) is 0.286. The summed E-state index contributed by atoms with van der Waals surface area (Å²) in [7, 11) is 0. The maximum atomic E-state index is 12.0. The number of carbonyl (C=O) groups is 1. The Hall–Kier alpha value is -2.14. The van der Waals surface area contributed by atoms with Crippen molar-refractivity contribution < 1.29 is 9.90 Å². The summed E-state index contributed by atoms with van der Waals surface area (Å²) in [6, 6.07) is 9.08. The van der Waals surface area contributed by atoms with Gasteiger partial charge in [-0.2, -0.15) is 0 Å². The van der Waals surface area contributed by atoms with Crippen LogP contribution in [0.1, 0.15) is 23.3 Å². The van der Waals surface area contributed by atoms with Gasteiger partial charge < -0.3 is 16.2 Å². The average molecular weight is 257 g/mol. The van der Waals surface area contributed by atoms with Crippen molar-refractivity contribution in [2.24, 2.45) is 0 Å². The number of benzene rings is 1. The fourth-order valence-electron chi connectivity index (χ4n) is 2.28. The molecule has 1 saturated carbocycles. The molecular formula is C14H15N3O2. The summed E-state index contributed by atoms with van der Waals surface area (Å²) in [4.78, 5) is 16.4. The van der Waals surface area contributed by atoms with E-state index in [9.17, 15) is 9.90 Å². The number of anilines is 1. The summed E-state index contributed by atoms with van der Waals surface area (Å²) in [5.41, 5.74) is 7.51. The van der Waals surface area contributed by atoms with Crippen molar-refractivity contribution in [3.63, 3.8) is 0 Å². The van der Waals surface area contributed by atoms with Crippen LogP contribution >= 0.6 is 0 Å². The summed E-state index contributed by atoms with van der Waals surface area (Å²) < 4.78 is 0. The zero-order valence-corrected chi connectivity index (χ0v) is 10.3. The summed E-state index contributed by atoms with van der Waals surface area (Å²) >= 11 is 0. The fourth-order valence-corrected chi connectivity index (χ4v) is 2.28. The molecule has 4 N–H and O–H groups in total. The number of hydrogen-bond acceptors (Lipinski definition) is 4. The SMILES string of the molecule is Nc1cc(C(=O)NC2CC(O)C2)nc2ccccc12. The lowest BCUT2D eigenvalue weighted by atomic mass is 9.89. The first kappa shape index (κ1) is 11.9. The molecule has 1 aliphatic carbocycles. The van der Waals surface area contributed by atoms with Crippen molar-refractivity contribution in [1.82, 2.24) is 10.3 Å². The Bertz CT molecular complexity index is 636. The van der Waals surface area contributed by atoms with Gasteiger partial charge in [-0.3, -0.25) is 4.79 Å². The minimum Gasteiger partial charge on any atom is -0.398 e. The maximum absolute atomic E-state index is 12.0. The molecule has 19 heavy (non-hydrogen) atoms. The second kappa shape index (κ2) is 4.51. The highest BCUT2D eigenvalue weighted by Gasteiger charge is 2.29. The van der Waals surface area contributed by atoms with Crippen LogP contribution in [0, 0.1) is 0 Å². The van der Waals surface area contributed by atoms with Gasteiger partial charge in [-0.25, -0.2) is 4.98 Å². The highest BCUT2D eigenvalue weighted by Crippen LogP contribution is 2.22. The van der Waals surface area contributed by atoms with E-state index in [2.05, 4.69) is 10.3 Å². The van der Waals surface area contributed by atoms with Crippen molar-refractivity contribution >= 4 is 22.5 Å². The summed E-state index contributed by atoms with van der Waals surface area (Å²) in [5.74, 6) is -0.241. The van der Waals surface area contributed by atoms with Gasteiger partial charge in [0.15, 0.2) is 0 Å². The molecule has 1 amide bonds. The number of carbonyl (C=O) groups excluding carboxylic acids is 1. The molecule has 0 aliphatic heterocycles. The van der Waals surface area contributed by atoms with Gasteiger partial charge in [-0.15, -0.1) is 0 Å². The monoisotopic (exact) mass is 257 g/mol. The minimum absolute atomic E-state index is 0.0389. The highest BCUT2D eigenvalue weighted by atomic mass is 16.3. The standard InChI is InChI=1S/C14H15N3O2/c15-11-7-13(14(19)16-8-5-9(18)6-8)17-12-4-2-1-3-10(11)12/h1-4,7-9,18H,5-6H2,(H2,15,17)(H,16,19). The number of amides is 1. The third-order valence-corrected chi connectivity index (χ3v) is 3.43. The molecule has 0 spiro atoms. The molecule has 0 radical (unpaired) electrons. The lowest BCUT2D eigenvalue weighted by Gasteiger charge is -2.31. The van der Waals surface area contributed by atoms with Crippen LogP contribution in [0.15, 0.2) is 30.3 Å². The molecule has 1 aromatic heterocycles. The minimum atomic E-state index is -0.292. The first-order chi connectivity index (χ1) is 9.13. The Labute approximate surface area is 110 Å². The number of nitrogens with two attached hydrogens (primary N) is 1. The topological polar surface area (TPSA) is 88.2 Å². The predicted octanol–water partition coefficient (Wildman–Crippen LogP) is 1.07. The molecule has 98 valence electrons. The molecule has 2 aromatic rings. The summed E-state index contributed by atoms with van der Waals surface area (Å²) in [6.07, 6.45) is 0.920. The first-order valence-corrected chi connectivity index (χ1v) is 6.27. The van der Waals surface area contributed by atoms with E-state index in [1.807, 2.05) is 24.3 Å². The van der Waals surface area contributed by atoms with Gasteiger partial charge in [0.2, 0.25) is 0 Å². The van der Waals surface area contributed by atoms with Crippen molar-refractivity contribution in [2.45, 2.75) is 25.0 Å². The van der Waals surface area contributed by atoms with Crippen molar-refractivity contribution in [3.8, 4) is 0 Å². The Morgan fingerprint density at radius 2 is 2.11 bits per heavy atom. The van der Waals surface area contributed by atoms with Crippen LogP contribution in [-0.2, 0) is 0 Å². The third-order valence-electron chi connectivity index (χ3n) is 3.43. The van der Waals surface area contributed by atoms with Crippen LogP contribution in [0.4, 0.5) is 5.69 Å². The van der Waals surface area contributed by atoms with Gasteiger partial charge in [-0.1, -0.05) is 18.2 Å². The van der Waals surface area contributed by atoms with Gasteiger partial charge in [0, 0.05) is 17.1 Å². The Morgan fingerprint density at radius 3 is 2.84 bits per heavy atom. The quantitative estimate of drug-likeness (QED) is 0.751. The van der Waals surface area contributed by atoms with Gasteiger partial charge in [-0.05, 0) is 25.0 Å². The molecule has 1 heterocycles. The number of nitrogens with one attached hydrogen (secondary N) is 1. The number of nitrogens with zero attached hydrogens (tertiary/aromatic N) is 1. The lowest BCUT2D eigenvalue weighted by molar-refractivity contribution is 0.0561. The van der Waals surface area contributed by atoms with Crippen molar-refractivity contribution in [3.05, 3.63) is 36.0 Å². The predicted molar refractivity (Wildman–Crippen MR) is 72.7 cm³/mol. The number of para-hydroxylation sites is 1. The van der Waals surface area contributed by atoms with Crippen LogP contribution in [0.25, 0.3) is 10.9 Å². The first-order valence-electron chi connectivity index (χ1n) is 6.27. The normalized spacial score (nSPS) is 21.9. The molecule has 5 nitrogen and oxygen atoms in total. The Kier molecular flexibility index (Phi) is 2.83. The number of aliphatic hydroxyl groups is 1. The van der Waals surface area contributed by atoms with E-state index in [-0.39, 0.29) is 18.1 Å². The number of pyridine rings is 1. The van der Waals surface area contributed by atoms with Crippen LogP contribution < -0.4 is 11.1 Å². The molecular weight excluding hydrogens is 242 g/mol. The van der Waals surface area contributed by atoms with Crippen LogP contribution in [-0.4, -0.2) is 28.1 Å². The van der Waals surface area contributed by atoms with Crippen molar-refractivity contribution in [2.75, 3.05) is 5.73 Å². The van der Waals surface area contributed by atoms with Gasteiger partial charge in [0.25, 0.3) is 5.91 Å². The van der Waals surface area contributed by atoms with Crippen LogP contribution in [0.2, 0.25) is 0 Å². The molecule has 0 bridgehead atoms. The molecule has 0 atom stereocenters. The Morgan fingerprint density at radius 1 is 1.37 bits per heavy atom. The summed E-state index contributed by atoms with van der Waals surface area (Å²) in [5, 5.41) is 12.9. The van der Waals surface area contributed by atoms with E-state index in [4.69, 9.17) is 5.73 Å². The zero-order valence-electron chi connectivity index (χ0n) is 10.3. The molecule has 5 heteroatoms.